The Bertz CT molecular complexity index is 927. The molecule has 0 radical (unpaired) electrons. The summed E-state index contributed by atoms with van der Waals surface area (Å²) in [6.45, 7) is 6.47. The van der Waals surface area contributed by atoms with E-state index >= 15 is 0 Å². The molecule has 4 nitrogen and oxygen atoms in total. The van der Waals surface area contributed by atoms with E-state index in [1.54, 1.807) is 0 Å². The summed E-state index contributed by atoms with van der Waals surface area (Å²) in [6, 6.07) is 10.8. The van der Waals surface area contributed by atoms with Gasteiger partial charge in [0.05, 0.1) is 16.9 Å². The third kappa shape index (κ3) is 2.82. The Kier molecular flexibility index (Phi) is 4.04. The zero-order valence-corrected chi connectivity index (χ0v) is 15.1. The van der Waals surface area contributed by atoms with Gasteiger partial charge in [-0.25, -0.2) is 0 Å². The first-order chi connectivity index (χ1) is 12.2. The van der Waals surface area contributed by atoms with Gasteiger partial charge >= 0.3 is 0 Å². The second-order valence-corrected chi connectivity index (χ2v) is 6.81. The van der Waals surface area contributed by atoms with Gasteiger partial charge in [-0.1, -0.05) is 12.1 Å². The topological polar surface area (TPSA) is 41.1 Å². The van der Waals surface area contributed by atoms with Crippen molar-refractivity contribution < 1.29 is 0 Å². The molecule has 1 fully saturated rings. The Balaban J connectivity index is 1.88. The Morgan fingerprint density at radius 3 is 2.60 bits per heavy atom. The van der Waals surface area contributed by atoms with Crippen LogP contribution in [-0.2, 0) is 0 Å². The molecule has 1 N–H and O–H groups in total. The summed E-state index contributed by atoms with van der Waals surface area (Å²) in [5, 5.41) is 4.52. The van der Waals surface area contributed by atoms with Gasteiger partial charge in [0.25, 0.3) is 0 Å². The van der Waals surface area contributed by atoms with Crippen molar-refractivity contribution in [2.24, 2.45) is 0 Å². The molecule has 1 saturated heterocycles. The maximum absolute atomic E-state index is 4.80. The fourth-order valence-corrected chi connectivity index (χ4v) is 3.80. The number of nitrogens with zero attached hydrogens (tertiary/aromatic N) is 3. The number of benzene rings is 1. The van der Waals surface area contributed by atoms with Crippen LogP contribution in [0.4, 0.5) is 11.4 Å². The van der Waals surface area contributed by atoms with Gasteiger partial charge < -0.3 is 10.2 Å². The average Bonchev–Trinajstić information content (AvgIpc) is 3.14. The second-order valence-electron chi connectivity index (χ2n) is 6.81. The third-order valence-electron chi connectivity index (χ3n) is 5.05. The minimum Gasteiger partial charge on any atom is -0.386 e. The highest BCUT2D eigenvalue weighted by molar-refractivity contribution is 5.95. The van der Waals surface area contributed by atoms with Crippen molar-refractivity contribution in [2.75, 3.05) is 30.4 Å². The minimum absolute atomic E-state index is 0.982. The average molecular weight is 332 g/mol. The molecule has 0 amide bonds. The molecule has 0 saturated carbocycles. The summed E-state index contributed by atoms with van der Waals surface area (Å²) in [6.07, 6.45) is 4.43. The molecule has 3 heterocycles. The summed E-state index contributed by atoms with van der Waals surface area (Å²) < 4.78 is 0. The molecule has 2 aromatic heterocycles. The van der Waals surface area contributed by atoms with E-state index in [9.17, 15) is 0 Å². The highest BCUT2D eigenvalue weighted by atomic mass is 15.1. The van der Waals surface area contributed by atoms with Crippen molar-refractivity contribution in [3.8, 4) is 11.3 Å². The van der Waals surface area contributed by atoms with Crippen molar-refractivity contribution in [2.45, 2.75) is 26.7 Å². The van der Waals surface area contributed by atoms with Crippen LogP contribution in [0.25, 0.3) is 22.2 Å². The van der Waals surface area contributed by atoms with Crippen LogP contribution in [0, 0.1) is 13.8 Å². The van der Waals surface area contributed by atoms with Gasteiger partial charge in [0.2, 0.25) is 0 Å². The van der Waals surface area contributed by atoms with Gasteiger partial charge in [0, 0.05) is 48.7 Å². The lowest BCUT2D eigenvalue weighted by Crippen LogP contribution is -2.18. The van der Waals surface area contributed by atoms with Crippen LogP contribution in [0.15, 0.2) is 36.5 Å². The van der Waals surface area contributed by atoms with Gasteiger partial charge in [0.1, 0.15) is 0 Å². The Labute approximate surface area is 148 Å². The fourth-order valence-electron chi connectivity index (χ4n) is 3.80. The van der Waals surface area contributed by atoms with E-state index in [-0.39, 0.29) is 0 Å². The standard InChI is InChI=1S/C21H24N4/c1-14-8-9-23-21(20(14)22-3)16-6-7-17-18(13-16)24-15(2)12-19(17)25-10-4-5-11-25/h6-9,12-13,22H,4-5,10-11H2,1-3H3. The van der Waals surface area contributed by atoms with Gasteiger partial charge in [0.15, 0.2) is 0 Å². The molecule has 25 heavy (non-hydrogen) atoms. The number of hydrogen-bond donors (Lipinski definition) is 1. The molecule has 0 unspecified atom stereocenters. The lowest BCUT2D eigenvalue weighted by molar-refractivity contribution is 0.949. The van der Waals surface area contributed by atoms with Gasteiger partial charge in [-0.2, -0.15) is 0 Å². The van der Waals surface area contributed by atoms with Crippen molar-refractivity contribution >= 4 is 22.3 Å². The number of fused-ring (bicyclic) bond motifs is 1. The second kappa shape index (κ2) is 6.36. The van der Waals surface area contributed by atoms with Crippen LogP contribution in [0.1, 0.15) is 24.1 Å². The predicted molar refractivity (Wildman–Crippen MR) is 105 cm³/mol. The van der Waals surface area contributed by atoms with Gasteiger partial charge in [-0.15, -0.1) is 0 Å². The molecule has 128 valence electrons. The number of nitrogens with one attached hydrogen (secondary N) is 1. The molecular formula is C21H24N4. The summed E-state index contributed by atoms with van der Waals surface area (Å²) in [5.74, 6) is 0. The van der Waals surface area contributed by atoms with E-state index in [1.807, 2.05) is 19.3 Å². The maximum Gasteiger partial charge on any atom is 0.0936 e. The zero-order valence-electron chi connectivity index (χ0n) is 15.1. The van der Waals surface area contributed by atoms with Gasteiger partial charge in [-0.3, -0.25) is 9.97 Å². The lowest BCUT2D eigenvalue weighted by Gasteiger charge is -2.20. The normalized spacial score (nSPS) is 14.3. The molecule has 0 spiro atoms. The van der Waals surface area contributed by atoms with E-state index in [0.29, 0.717) is 0 Å². The summed E-state index contributed by atoms with van der Waals surface area (Å²) in [7, 11) is 1.95. The highest BCUT2D eigenvalue weighted by Gasteiger charge is 2.17. The molecule has 4 heteroatoms. The highest BCUT2D eigenvalue weighted by Crippen LogP contribution is 2.34. The van der Waals surface area contributed by atoms with Crippen molar-refractivity contribution in [1.29, 1.82) is 0 Å². The minimum atomic E-state index is 0.982. The Morgan fingerprint density at radius 1 is 1.04 bits per heavy atom. The monoisotopic (exact) mass is 332 g/mol. The number of anilines is 2. The Hall–Kier alpha value is -2.62. The molecule has 3 aromatic rings. The van der Waals surface area contributed by atoms with E-state index in [1.165, 1.54) is 29.5 Å². The zero-order chi connectivity index (χ0) is 17.4. The molecule has 1 aromatic carbocycles. The van der Waals surface area contributed by atoms with Crippen LogP contribution >= 0.6 is 0 Å². The lowest BCUT2D eigenvalue weighted by atomic mass is 10.0. The van der Waals surface area contributed by atoms with Crippen molar-refractivity contribution in [3.05, 3.63) is 47.8 Å². The van der Waals surface area contributed by atoms with Crippen molar-refractivity contribution in [1.82, 2.24) is 9.97 Å². The fraction of sp³-hybridized carbons (Fsp3) is 0.333. The van der Waals surface area contributed by atoms with Crippen LogP contribution in [0.5, 0.6) is 0 Å². The number of aromatic nitrogens is 2. The summed E-state index contributed by atoms with van der Waals surface area (Å²) in [5.41, 5.74) is 7.79. The molecule has 1 aliphatic rings. The molecule has 0 atom stereocenters. The largest absolute Gasteiger partial charge is 0.386 e. The first-order valence-electron chi connectivity index (χ1n) is 8.97. The first-order valence-corrected chi connectivity index (χ1v) is 8.97. The van der Waals surface area contributed by atoms with E-state index in [0.717, 1.165) is 41.2 Å². The van der Waals surface area contributed by atoms with Gasteiger partial charge in [-0.05, 0) is 50.5 Å². The van der Waals surface area contributed by atoms with Crippen molar-refractivity contribution in [3.63, 3.8) is 0 Å². The van der Waals surface area contributed by atoms with Crippen LogP contribution in [0.3, 0.4) is 0 Å². The van der Waals surface area contributed by atoms with Crippen LogP contribution in [0.2, 0.25) is 0 Å². The number of rotatable bonds is 3. The third-order valence-corrected chi connectivity index (χ3v) is 5.05. The summed E-state index contributed by atoms with van der Waals surface area (Å²) >= 11 is 0. The van der Waals surface area contributed by atoms with Crippen LogP contribution < -0.4 is 10.2 Å². The molecular weight excluding hydrogens is 308 g/mol. The number of pyridine rings is 2. The molecule has 0 aliphatic carbocycles. The smallest absolute Gasteiger partial charge is 0.0936 e. The predicted octanol–water partition coefficient (Wildman–Crippen LogP) is 4.56. The summed E-state index contributed by atoms with van der Waals surface area (Å²) in [4.78, 5) is 11.9. The quantitative estimate of drug-likeness (QED) is 0.763. The maximum atomic E-state index is 4.80. The molecule has 0 bridgehead atoms. The molecule has 4 rings (SSSR count). The molecule has 1 aliphatic heterocycles. The number of hydrogen-bond acceptors (Lipinski definition) is 4. The van der Waals surface area contributed by atoms with E-state index in [2.05, 4.69) is 53.3 Å². The number of aryl methyl sites for hydroxylation is 2. The van der Waals surface area contributed by atoms with E-state index in [4.69, 9.17) is 4.98 Å². The first kappa shape index (κ1) is 15.9. The van der Waals surface area contributed by atoms with Crippen LogP contribution in [-0.4, -0.2) is 30.1 Å². The Morgan fingerprint density at radius 2 is 1.84 bits per heavy atom. The van der Waals surface area contributed by atoms with E-state index < -0.39 is 0 Å². The SMILES string of the molecule is CNc1c(C)ccnc1-c1ccc2c(N3CCCC3)cc(C)nc2c1.